The number of anilines is 1. The molecular weight excluding hydrogens is 288 g/mol. The largest absolute Gasteiger partial charge is 0.395 e. The fourth-order valence-corrected chi connectivity index (χ4v) is 2.09. The molecule has 0 saturated heterocycles. The van der Waals surface area contributed by atoms with Crippen molar-refractivity contribution >= 4 is 23.2 Å². The highest BCUT2D eigenvalue weighted by Gasteiger charge is 2.19. The summed E-state index contributed by atoms with van der Waals surface area (Å²) in [6, 6.07) is 15.8. The number of benzene rings is 2. The molecule has 0 aliphatic heterocycles. The zero-order chi connectivity index (χ0) is 15.1. The summed E-state index contributed by atoms with van der Waals surface area (Å²) in [5.74, 6) is -0.183. The summed E-state index contributed by atoms with van der Waals surface area (Å²) in [4.78, 5) is 12.4. The summed E-state index contributed by atoms with van der Waals surface area (Å²) in [6.45, 7) is 0.290. The summed E-state index contributed by atoms with van der Waals surface area (Å²) in [5, 5.41) is 15.4. The van der Waals surface area contributed by atoms with Crippen LogP contribution in [0.2, 0.25) is 5.02 Å². The van der Waals surface area contributed by atoms with E-state index in [-0.39, 0.29) is 12.5 Å². The summed E-state index contributed by atoms with van der Waals surface area (Å²) in [7, 11) is 0. The van der Waals surface area contributed by atoms with Gasteiger partial charge in [0.25, 0.3) is 0 Å². The number of amides is 1. The zero-order valence-electron chi connectivity index (χ0n) is 11.4. The highest BCUT2D eigenvalue weighted by Crippen LogP contribution is 2.18. The Morgan fingerprint density at radius 1 is 1.10 bits per heavy atom. The van der Waals surface area contributed by atoms with E-state index in [1.54, 1.807) is 24.3 Å². The topological polar surface area (TPSA) is 61.4 Å². The Morgan fingerprint density at radius 2 is 1.76 bits per heavy atom. The van der Waals surface area contributed by atoms with Gasteiger partial charge >= 0.3 is 0 Å². The molecule has 0 radical (unpaired) electrons. The lowest BCUT2D eigenvalue weighted by Gasteiger charge is -2.18. The first kappa shape index (κ1) is 15.5. The molecule has 21 heavy (non-hydrogen) atoms. The predicted octanol–water partition coefficient (Wildman–Crippen LogP) is 2.60. The first-order chi connectivity index (χ1) is 10.2. The first-order valence-electron chi connectivity index (χ1n) is 6.66. The van der Waals surface area contributed by atoms with Crippen LogP contribution in [-0.2, 0) is 4.79 Å². The predicted molar refractivity (Wildman–Crippen MR) is 84.4 cm³/mol. The summed E-state index contributed by atoms with van der Waals surface area (Å²) < 4.78 is 0. The van der Waals surface area contributed by atoms with Crippen LogP contribution in [0.15, 0.2) is 54.6 Å². The van der Waals surface area contributed by atoms with Crippen LogP contribution in [0.1, 0.15) is 11.6 Å². The maximum absolute atomic E-state index is 12.4. The number of para-hydroxylation sites is 1. The van der Waals surface area contributed by atoms with E-state index in [2.05, 4.69) is 10.6 Å². The van der Waals surface area contributed by atoms with Crippen molar-refractivity contribution in [3.63, 3.8) is 0 Å². The Bertz CT molecular complexity index is 573. The lowest BCUT2D eigenvalue weighted by atomic mass is 10.1. The lowest BCUT2D eigenvalue weighted by Crippen LogP contribution is -2.34. The monoisotopic (exact) mass is 304 g/mol. The molecule has 0 unspecified atom stereocenters. The fraction of sp³-hybridized carbons (Fsp3) is 0.188. The molecular formula is C16H17ClN2O2. The molecule has 0 saturated carbocycles. The normalized spacial score (nSPS) is 11.9. The number of hydrogen-bond acceptors (Lipinski definition) is 3. The molecule has 0 aliphatic rings. The van der Waals surface area contributed by atoms with Gasteiger partial charge in [0.2, 0.25) is 5.91 Å². The van der Waals surface area contributed by atoms with Gasteiger partial charge in [-0.15, -0.1) is 0 Å². The van der Waals surface area contributed by atoms with Gasteiger partial charge in [0.15, 0.2) is 0 Å². The highest BCUT2D eigenvalue weighted by atomic mass is 35.5. The number of aliphatic hydroxyl groups is 1. The average molecular weight is 305 g/mol. The second kappa shape index (κ2) is 7.78. The Kier molecular flexibility index (Phi) is 5.75. The van der Waals surface area contributed by atoms with E-state index in [1.807, 2.05) is 30.3 Å². The van der Waals surface area contributed by atoms with Gasteiger partial charge in [0.05, 0.1) is 6.61 Å². The van der Waals surface area contributed by atoms with Crippen LogP contribution in [-0.4, -0.2) is 24.2 Å². The number of rotatable bonds is 6. The van der Waals surface area contributed by atoms with Crippen molar-refractivity contribution in [3.8, 4) is 0 Å². The van der Waals surface area contributed by atoms with E-state index in [0.29, 0.717) is 11.6 Å². The van der Waals surface area contributed by atoms with E-state index >= 15 is 0 Å². The van der Waals surface area contributed by atoms with Gasteiger partial charge in [-0.1, -0.05) is 41.9 Å². The molecule has 2 aromatic carbocycles. The van der Waals surface area contributed by atoms with Crippen LogP contribution in [0, 0.1) is 0 Å². The maximum atomic E-state index is 12.4. The van der Waals surface area contributed by atoms with Crippen molar-refractivity contribution in [1.29, 1.82) is 0 Å². The molecule has 1 atom stereocenters. The Balaban J connectivity index is 2.15. The van der Waals surface area contributed by atoms with Crippen molar-refractivity contribution in [2.24, 2.45) is 0 Å². The molecule has 2 rings (SSSR count). The molecule has 110 valence electrons. The summed E-state index contributed by atoms with van der Waals surface area (Å²) in [5.41, 5.74) is 1.52. The number of nitrogens with one attached hydrogen (secondary N) is 2. The quantitative estimate of drug-likeness (QED) is 0.769. The smallest absolute Gasteiger partial charge is 0.246 e. The van der Waals surface area contributed by atoms with E-state index in [1.165, 1.54) is 0 Å². The van der Waals surface area contributed by atoms with Crippen LogP contribution in [0.25, 0.3) is 0 Å². The maximum Gasteiger partial charge on any atom is 0.246 e. The standard InChI is InChI=1S/C16H17ClN2O2/c17-13-8-6-12(7-9-13)15(18-10-11-20)16(21)19-14-4-2-1-3-5-14/h1-9,15,18,20H,10-11H2,(H,19,21)/t15-/m0/s1. The van der Waals surface area contributed by atoms with Crippen molar-refractivity contribution in [2.75, 3.05) is 18.5 Å². The van der Waals surface area contributed by atoms with Crippen LogP contribution in [0.3, 0.4) is 0 Å². The minimum atomic E-state index is -0.547. The molecule has 2 aromatic rings. The van der Waals surface area contributed by atoms with E-state index in [4.69, 9.17) is 16.7 Å². The molecule has 0 fully saturated rings. The SMILES string of the molecule is O=C(Nc1ccccc1)[C@@H](NCCO)c1ccc(Cl)cc1. The number of halogens is 1. The molecule has 3 N–H and O–H groups in total. The Labute approximate surface area is 128 Å². The zero-order valence-corrected chi connectivity index (χ0v) is 12.2. The van der Waals surface area contributed by atoms with E-state index in [0.717, 1.165) is 11.3 Å². The third-order valence-electron chi connectivity index (χ3n) is 2.97. The van der Waals surface area contributed by atoms with Gasteiger partial charge in [-0.3, -0.25) is 10.1 Å². The minimum absolute atomic E-state index is 0.0390. The first-order valence-corrected chi connectivity index (χ1v) is 7.04. The Hall–Kier alpha value is -1.88. The molecule has 0 heterocycles. The summed E-state index contributed by atoms with van der Waals surface area (Å²) >= 11 is 5.87. The van der Waals surface area contributed by atoms with Crippen LogP contribution in [0.4, 0.5) is 5.69 Å². The molecule has 5 heteroatoms. The molecule has 0 aliphatic carbocycles. The van der Waals surface area contributed by atoms with Gasteiger partial charge < -0.3 is 10.4 Å². The van der Waals surface area contributed by atoms with Crippen LogP contribution < -0.4 is 10.6 Å². The number of hydrogen-bond donors (Lipinski definition) is 3. The van der Waals surface area contributed by atoms with Crippen molar-refractivity contribution in [1.82, 2.24) is 5.32 Å². The van der Waals surface area contributed by atoms with Crippen LogP contribution in [0.5, 0.6) is 0 Å². The van der Waals surface area contributed by atoms with Crippen molar-refractivity contribution < 1.29 is 9.90 Å². The van der Waals surface area contributed by atoms with Gasteiger partial charge in [0, 0.05) is 17.3 Å². The highest BCUT2D eigenvalue weighted by molar-refractivity contribution is 6.30. The van der Waals surface area contributed by atoms with Crippen molar-refractivity contribution in [3.05, 3.63) is 65.2 Å². The third-order valence-corrected chi connectivity index (χ3v) is 3.22. The summed E-state index contributed by atoms with van der Waals surface area (Å²) in [6.07, 6.45) is 0. The number of aliphatic hydroxyl groups excluding tert-OH is 1. The fourth-order valence-electron chi connectivity index (χ4n) is 1.96. The Morgan fingerprint density at radius 3 is 2.38 bits per heavy atom. The van der Waals surface area contributed by atoms with Crippen LogP contribution >= 0.6 is 11.6 Å². The molecule has 0 aromatic heterocycles. The third kappa shape index (κ3) is 4.56. The number of carbonyl (C=O) groups excluding carboxylic acids is 1. The molecule has 4 nitrogen and oxygen atoms in total. The van der Waals surface area contributed by atoms with Gasteiger partial charge in [-0.2, -0.15) is 0 Å². The van der Waals surface area contributed by atoms with Gasteiger partial charge in [0.1, 0.15) is 6.04 Å². The molecule has 0 bridgehead atoms. The molecule has 0 spiro atoms. The van der Waals surface area contributed by atoms with E-state index < -0.39 is 6.04 Å². The second-order valence-corrected chi connectivity index (χ2v) is 4.95. The molecule has 1 amide bonds. The lowest BCUT2D eigenvalue weighted by molar-refractivity contribution is -0.118. The average Bonchev–Trinajstić information content (AvgIpc) is 2.50. The van der Waals surface area contributed by atoms with Gasteiger partial charge in [-0.05, 0) is 29.8 Å². The van der Waals surface area contributed by atoms with Gasteiger partial charge in [-0.25, -0.2) is 0 Å². The van der Waals surface area contributed by atoms with E-state index in [9.17, 15) is 4.79 Å². The minimum Gasteiger partial charge on any atom is -0.395 e. The number of carbonyl (C=O) groups is 1. The van der Waals surface area contributed by atoms with Crippen molar-refractivity contribution in [2.45, 2.75) is 6.04 Å². The second-order valence-electron chi connectivity index (χ2n) is 4.52.